The van der Waals surface area contributed by atoms with Gasteiger partial charge in [-0.3, -0.25) is 0 Å². The number of likely N-dealkylation sites (tertiary alicyclic amines) is 2. The summed E-state index contributed by atoms with van der Waals surface area (Å²) in [5.41, 5.74) is 3.52. The van der Waals surface area contributed by atoms with E-state index in [2.05, 4.69) is 36.0 Å². The quantitative estimate of drug-likeness (QED) is 0.488. The third-order valence-corrected chi connectivity index (χ3v) is 9.10. The van der Waals surface area contributed by atoms with Crippen molar-refractivity contribution in [2.75, 3.05) is 40.3 Å². The Hall–Kier alpha value is -0.480. The van der Waals surface area contributed by atoms with E-state index in [9.17, 15) is 0 Å². The number of rotatable bonds is 2. The molecule has 0 radical (unpaired) electrons. The highest BCUT2D eigenvalue weighted by Crippen LogP contribution is 2.60. The molecule has 2 aromatic rings. The van der Waals surface area contributed by atoms with E-state index in [-0.39, 0.29) is 0 Å². The van der Waals surface area contributed by atoms with Crippen LogP contribution in [0.15, 0.2) is 36.4 Å². The molecule has 0 N–H and O–H groups in total. The van der Waals surface area contributed by atoms with Gasteiger partial charge in [-0.05, 0) is 74.2 Å². The van der Waals surface area contributed by atoms with Crippen molar-refractivity contribution in [1.29, 1.82) is 0 Å². The lowest BCUT2D eigenvalue weighted by molar-refractivity contribution is 0.363. The van der Waals surface area contributed by atoms with Gasteiger partial charge in [-0.15, -0.1) is 0 Å². The molecule has 2 saturated heterocycles. The highest BCUT2D eigenvalue weighted by molar-refractivity contribution is 6.42. The van der Waals surface area contributed by atoms with Gasteiger partial charge in [0.2, 0.25) is 0 Å². The fourth-order valence-corrected chi connectivity index (χ4v) is 6.57. The molecule has 6 heteroatoms. The number of halogens is 4. The third-order valence-electron chi connectivity index (χ3n) is 7.62. The first-order chi connectivity index (χ1) is 14.2. The molecule has 2 heterocycles. The zero-order valence-corrected chi connectivity index (χ0v) is 20.3. The van der Waals surface area contributed by atoms with E-state index in [0.29, 0.717) is 30.9 Å². The molecule has 4 fully saturated rings. The summed E-state index contributed by atoms with van der Waals surface area (Å²) in [5, 5.41) is 2.67. The van der Waals surface area contributed by atoms with Crippen molar-refractivity contribution in [3.05, 3.63) is 67.6 Å². The molecular formula is C24H26Cl4N2. The summed E-state index contributed by atoms with van der Waals surface area (Å²) in [6.45, 7) is 4.77. The number of likely N-dealkylation sites (N-methyl/N-ethyl adjacent to an activating group) is 2. The van der Waals surface area contributed by atoms with Crippen molar-refractivity contribution in [2.45, 2.75) is 23.7 Å². The number of hydrogen-bond acceptors (Lipinski definition) is 2. The first-order valence-corrected chi connectivity index (χ1v) is 12.0. The number of benzene rings is 2. The fourth-order valence-electron chi connectivity index (χ4n) is 5.97. The van der Waals surface area contributed by atoms with Crippen molar-refractivity contribution < 1.29 is 0 Å². The summed E-state index contributed by atoms with van der Waals surface area (Å²) < 4.78 is 0. The Balaban J connectivity index is 0.000000128. The SMILES string of the molecule is CN1CC2C[C@@]2(c2ccc(Cl)c(Cl)c2)C1.CN1CC2C[C@]2(c2ccc(Cl)c(Cl)c2)C1. The molecule has 30 heavy (non-hydrogen) atoms. The molecule has 2 aliphatic carbocycles. The second-order valence-corrected chi connectivity index (χ2v) is 11.4. The second-order valence-electron chi connectivity index (χ2n) is 9.77. The molecule has 4 atom stereocenters. The summed E-state index contributed by atoms with van der Waals surface area (Å²) in [5.74, 6) is 1.67. The first kappa shape index (κ1) is 21.4. The second kappa shape index (κ2) is 7.54. The van der Waals surface area contributed by atoms with Crippen molar-refractivity contribution in [1.82, 2.24) is 9.80 Å². The lowest BCUT2D eigenvalue weighted by Gasteiger charge is -2.16. The van der Waals surface area contributed by atoms with Gasteiger partial charge in [-0.25, -0.2) is 0 Å². The molecule has 160 valence electrons. The van der Waals surface area contributed by atoms with Gasteiger partial charge in [0, 0.05) is 37.0 Å². The zero-order valence-electron chi connectivity index (χ0n) is 17.3. The van der Waals surface area contributed by atoms with Crippen LogP contribution in [0.2, 0.25) is 20.1 Å². The molecule has 2 saturated carbocycles. The Morgan fingerprint density at radius 1 is 0.667 bits per heavy atom. The topological polar surface area (TPSA) is 6.48 Å². The molecule has 0 bridgehead atoms. The maximum Gasteiger partial charge on any atom is 0.0595 e. The molecule has 2 aromatic carbocycles. The number of fused-ring (bicyclic) bond motifs is 2. The summed E-state index contributed by atoms with van der Waals surface area (Å²) in [6.07, 6.45) is 2.63. The number of hydrogen-bond donors (Lipinski definition) is 0. The average Bonchev–Trinajstić information content (AvgIpc) is 3.49. The first-order valence-electron chi connectivity index (χ1n) is 10.5. The minimum absolute atomic E-state index is 0.392. The van der Waals surface area contributed by atoms with Crippen molar-refractivity contribution in [3.8, 4) is 0 Å². The van der Waals surface area contributed by atoms with Crippen LogP contribution in [0.3, 0.4) is 0 Å². The van der Waals surface area contributed by atoms with E-state index in [1.807, 2.05) is 24.3 Å². The van der Waals surface area contributed by atoms with Crippen LogP contribution in [0, 0.1) is 11.8 Å². The third kappa shape index (κ3) is 3.58. The smallest absolute Gasteiger partial charge is 0.0595 e. The predicted molar refractivity (Wildman–Crippen MR) is 127 cm³/mol. The minimum atomic E-state index is 0.392. The number of nitrogens with zero attached hydrogens (tertiary/aromatic N) is 2. The molecular weight excluding hydrogens is 458 g/mol. The lowest BCUT2D eigenvalue weighted by atomic mass is 9.95. The van der Waals surface area contributed by atoms with E-state index in [1.165, 1.54) is 37.1 Å². The van der Waals surface area contributed by atoms with Crippen molar-refractivity contribution >= 4 is 46.4 Å². The average molecular weight is 484 g/mol. The maximum atomic E-state index is 6.06. The van der Waals surface area contributed by atoms with Gasteiger partial charge in [-0.2, -0.15) is 0 Å². The van der Waals surface area contributed by atoms with Crippen LogP contribution in [-0.2, 0) is 10.8 Å². The standard InChI is InChI=1S/2C12H13Cl2N/c2*1-15-6-9-5-12(9,7-15)8-2-3-10(13)11(14)4-8/h2*2-4,9H,5-7H2,1H3/t2*9?,12-/m10/s1. The van der Waals surface area contributed by atoms with Gasteiger partial charge < -0.3 is 9.80 Å². The largest absolute Gasteiger partial charge is 0.305 e. The van der Waals surface area contributed by atoms with E-state index < -0.39 is 0 Å². The van der Waals surface area contributed by atoms with Gasteiger partial charge in [-0.1, -0.05) is 58.5 Å². The van der Waals surface area contributed by atoms with Crippen LogP contribution in [0.5, 0.6) is 0 Å². The monoisotopic (exact) mass is 482 g/mol. The highest BCUT2D eigenvalue weighted by atomic mass is 35.5. The Kier molecular flexibility index (Phi) is 5.37. The predicted octanol–water partition coefficient (Wildman–Crippen LogP) is 6.39. The normalized spacial score (nSPS) is 34.2. The Morgan fingerprint density at radius 3 is 1.37 bits per heavy atom. The summed E-state index contributed by atoms with van der Waals surface area (Å²) in [6, 6.07) is 12.2. The Morgan fingerprint density at radius 2 is 1.07 bits per heavy atom. The summed E-state index contributed by atoms with van der Waals surface area (Å²) in [7, 11) is 4.37. The van der Waals surface area contributed by atoms with Gasteiger partial charge in [0.1, 0.15) is 0 Å². The molecule has 6 rings (SSSR count). The molecule has 2 nitrogen and oxygen atoms in total. The van der Waals surface area contributed by atoms with E-state index in [1.54, 1.807) is 0 Å². The van der Waals surface area contributed by atoms with E-state index in [0.717, 1.165) is 24.9 Å². The van der Waals surface area contributed by atoms with Crippen LogP contribution in [0.25, 0.3) is 0 Å². The van der Waals surface area contributed by atoms with Gasteiger partial charge >= 0.3 is 0 Å². The zero-order chi connectivity index (χ0) is 21.3. The Bertz CT molecular complexity index is 916. The van der Waals surface area contributed by atoms with Crippen molar-refractivity contribution in [3.63, 3.8) is 0 Å². The van der Waals surface area contributed by atoms with E-state index >= 15 is 0 Å². The molecule has 0 amide bonds. The van der Waals surface area contributed by atoms with Crippen LogP contribution < -0.4 is 0 Å². The molecule has 0 spiro atoms. The van der Waals surface area contributed by atoms with Gasteiger partial charge in [0.25, 0.3) is 0 Å². The molecule has 0 aromatic heterocycles. The summed E-state index contributed by atoms with van der Waals surface area (Å²) in [4.78, 5) is 4.80. The Labute approximate surface area is 199 Å². The van der Waals surface area contributed by atoms with Crippen LogP contribution >= 0.6 is 46.4 Å². The molecule has 2 aliphatic heterocycles. The minimum Gasteiger partial charge on any atom is -0.305 e. The van der Waals surface area contributed by atoms with Crippen molar-refractivity contribution in [2.24, 2.45) is 11.8 Å². The number of piperidine rings is 2. The fraction of sp³-hybridized carbons (Fsp3) is 0.500. The van der Waals surface area contributed by atoms with Gasteiger partial charge in [0.15, 0.2) is 0 Å². The van der Waals surface area contributed by atoms with Crippen LogP contribution in [0.1, 0.15) is 24.0 Å². The lowest BCUT2D eigenvalue weighted by Crippen LogP contribution is -2.22. The highest BCUT2D eigenvalue weighted by Gasteiger charge is 2.60. The maximum absolute atomic E-state index is 6.06. The van der Waals surface area contributed by atoms with Crippen LogP contribution in [0.4, 0.5) is 0 Å². The van der Waals surface area contributed by atoms with Gasteiger partial charge in [0.05, 0.1) is 20.1 Å². The summed E-state index contributed by atoms with van der Waals surface area (Å²) >= 11 is 24.0. The molecule has 2 unspecified atom stereocenters. The van der Waals surface area contributed by atoms with Crippen LogP contribution in [-0.4, -0.2) is 50.1 Å². The molecule has 4 aliphatic rings. The van der Waals surface area contributed by atoms with E-state index in [4.69, 9.17) is 46.4 Å².